The summed E-state index contributed by atoms with van der Waals surface area (Å²) in [7, 11) is 0. The van der Waals surface area contributed by atoms with Crippen LogP contribution in [-0.2, 0) is 6.61 Å². The van der Waals surface area contributed by atoms with Crippen LogP contribution >= 0.6 is 11.6 Å². The molecule has 0 aliphatic heterocycles. The number of halogens is 1. The highest BCUT2D eigenvalue weighted by atomic mass is 35.5. The molecule has 5 nitrogen and oxygen atoms in total. The van der Waals surface area contributed by atoms with Crippen LogP contribution in [0.25, 0.3) is 0 Å². The van der Waals surface area contributed by atoms with Gasteiger partial charge in [0.15, 0.2) is 6.61 Å². The lowest BCUT2D eigenvalue weighted by atomic mass is 10.1. The van der Waals surface area contributed by atoms with Crippen LogP contribution in [0.1, 0.15) is 24.4 Å². The molecule has 0 amide bonds. The third kappa shape index (κ3) is 2.95. The molecule has 6 heteroatoms. The second-order valence-corrected chi connectivity index (χ2v) is 3.91. The van der Waals surface area contributed by atoms with Crippen LogP contribution in [-0.4, -0.2) is 15.2 Å². The lowest BCUT2D eigenvalue weighted by Gasteiger charge is -2.09. The minimum atomic E-state index is -0.557. The van der Waals surface area contributed by atoms with Crippen LogP contribution < -0.4 is 4.74 Å². The molecule has 0 saturated heterocycles. The number of hydrogen-bond donors (Lipinski definition) is 1. The molecule has 1 N–H and O–H groups in total. The Labute approximate surface area is 103 Å². The lowest BCUT2D eigenvalue weighted by Crippen LogP contribution is -1.99. The summed E-state index contributed by atoms with van der Waals surface area (Å²) in [4.78, 5) is 3.82. The van der Waals surface area contributed by atoms with Gasteiger partial charge in [0, 0.05) is 0 Å². The fourth-order valence-corrected chi connectivity index (χ4v) is 1.54. The minimum absolute atomic E-state index is 0.185. The third-order valence-corrected chi connectivity index (χ3v) is 2.50. The fourth-order valence-electron chi connectivity index (χ4n) is 1.29. The van der Waals surface area contributed by atoms with E-state index in [1.165, 1.54) is 6.39 Å². The maximum atomic E-state index is 9.39. The van der Waals surface area contributed by atoms with Crippen molar-refractivity contribution in [3.8, 4) is 5.75 Å². The van der Waals surface area contributed by atoms with E-state index in [-0.39, 0.29) is 6.61 Å². The molecule has 2 rings (SSSR count). The molecule has 0 spiro atoms. The summed E-state index contributed by atoms with van der Waals surface area (Å²) in [5.41, 5.74) is 0.738. The Morgan fingerprint density at radius 1 is 1.53 bits per heavy atom. The quantitative estimate of drug-likeness (QED) is 0.907. The lowest BCUT2D eigenvalue weighted by molar-refractivity contribution is 0.199. The van der Waals surface area contributed by atoms with Gasteiger partial charge >= 0.3 is 0 Å². The zero-order chi connectivity index (χ0) is 12.3. The van der Waals surface area contributed by atoms with E-state index in [1.54, 1.807) is 25.1 Å². The first kappa shape index (κ1) is 11.9. The molecule has 0 radical (unpaired) electrons. The summed E-state index contributed by atoms with van der Waals surface area (Å²) in [5.74, 6) is 0.960. The number of aliphatic hydroxyl groups is 1. The van der Waals surface area contributed by atoms with Gasteiger partial charge in [-0.2, -0.15) is 4.98 Å². The van der Waals surface area contributed by atoms with E-state index in [2.05, 4.69) is 14.7 Å². The Bertz CT molecular complexity index is 485. The molecule has 0 bridgehead atoms. The van der Waals surface area contributed by atoms with E-state index >= 15 is 0 Å². The van der Waals surface area contributed by atoms with Gasteiger partial charge in [0.2, 0.25) is 12.2 Å². The van der Waals surface area contributed by atoms with E-state index in [0.717, 1.165) is 5.56 Å². The highest BCUT2D eigenvalue weighted by Gasteiger charge is 2.07. The second kappa shape index (κ2) is 5.16. The summed E-state index contributed by atoms with van der Waals surface area (Å²) < 4.78 is 9.99. The number of nitrogens with zero attached hydrogens (tertiary/aromatic N) is 2. The molecule has 0 aliphatic rings. The van der Waals surface area contributed by atoms with Crippen LogP contribution in [0.4, 0.5) is 0 Å². The van der Waals surface area contributed by atoms with E-state index in [0.29, 0.717) is 16.6 Å². The SMILES string of the molecule is C[C@H](O)c1ccc(OCc2ncon2)c(Cl)c1. The Balaban J connectivity index is 2.06. The summed E-state index contributed by atoms with van der Waals surface area (Å²) in [5, 5.41) is 13.4. The van der Waals surface area contributed by atoms with Gasteiger partial charge in [-0.15, -0.1) is 0 Å². The van der Waals surface area contributed by atoms with Crippen LogP contribution in [0, 0.1) is 0 Å². The van der Waals surface area contributed by atoms with Crippen LogP contribution in [0.2, 0.25) is 5.02 Å². The molecular weight excluding hydrogens is 244 g/mol. The highest BCUT2D eigenvalue weighted by Crippen LogP contribution is 2.28. The van der Waals surface area contributed by atoms with Crippen molar-refractivity contribution in [1.29, 1.82) is 0 Å². The predicted molar refractivity (Wildman–Crippen MR) is 60.7 cm³/mol. The van der Waals surface area contributed by atoms with Gasteiger partial charge in [-0.05, 0) is 24.6 Å². The van der Waals surface area contributed by atoms with Crippen molar-refractivity contribution in [1.82, 2.24) is 10.1 Å². The molecule has 0 aliphatic carbocycles. The van der Waals surface area contributed by atoms with Gasteiger partial charge < -0.3 is 14.4 Å². The smallest absolute Gasteiger partial charge is 0.213 e. The van der Waals surface area contributed by atoms with Crippen molar-refractivity contribution in [2.24, 2.45) is 0 Å². The van der Waals surface area contributed by atoms with Crippen molar-refractivity contribution in [3.63, 3.8) is 0 Å². The van der Waals surface area contributed by atoms with Crippen molar-refractivity contribution in [3.05, 3.63) is 41.0 Å². The zero-order valence-electron chi connectivity index (χ0n) is 9.13. The molecule has 0 saturated carbocycles. The Morgan fingerprint density at radius 3 is 2.94 bits per heavy atom. The second-order valence-electron chi connectivity index (χ2n) is 3.50. The number of aromatic nitrogens is 2. The van der Waals surface area contributed by atoms with Gasteiger partial charge in [-0.1, -0.05) is 22.8 Å². The Kier molecular flexibility index (Phi) is 3.61. The van der Waals surface area contributed by atoms with E-state index in [9.17, 15) is 5.11 Å². The van der Waals surface area contributed by atoms with Gasteiger partial charge in [-0.3, -0.25) is 0 Å². The largest absolute Gasteiger partial charge is 0.484 e. The maximum absolute atomic E-state index is 9.39. The Hall–Kier alpha value is -1.59. The predicted octanol–water partition coefficient (Wildman–Crippen LogP) is 2.36. The maximum Gasteiger partial charge on any atom is 0.213 e. The molecule has 2 aromatic rings. The van der Waals surface area contributed by atoms with Gasteiger partial charge in [0.05, 0.1) is 11.1 Å². The number of benzene rings is 1. The zero-order valence-corrected chi connectivity index (χ0v) is 9.89. The van der Waals surface area contributed by atoms with E-state index < -0.39 is 6.10 Å². The van der Waals surface area contributed by atoms with Crippen molar-refractivity contribution >= 4 is 11.6 Å². The van der Waals surface area contributed by atoms with Gasteiger partial charge in [0.1, 0.15) is 5.75 Å². The van der Waals surface area contributed by atoms with E-state index in [1.807, 2.05) is 0 Å². The normalized spacial score (nSPS) is 12.4. The standard InChI is InChI=1S/C11H11ClN2O3/c1-7(15)8-2-3-10(9(12)4-8)16-5-11-13-6-17-14-11/h2-4,6-7,15H,5H2,1H3/t7-/m0/s1. The van der Waals surface area contributed by atoms with Crippen molar-refractivity contribution in [2.75, 3.05) is 0 Å². The third-order valence-electron chi connectivity index (χ3n) is 2.20. The molecule has 1 aromatic heterocycles. The number of aliphatic hydroxyl groups excluding tert-OH is 1. The first-order valence-electron chi connectivity index (χ1n) is 5.02. The van der Waals surface area contributed by atoms with Gasteiger partial charge in [0.25, 0.3) is 0 Å². The highest BCUT2D eigenvalue weighted by molar-refractivity contribution is 6.32. The number of rotatable bonds is 4. The molecule has 17 heavy (non-hydrogen) atoms. The molecule has 0 unspecified atom stereocenters. The summed E-state index contributed by atoms with van der Waals surface area (Å²) in [6.45, 7) is 1.86. The average Bonchev–Trinajstić information content (AvgIpc) is 2.80. The van der Waals surface area contributed by atoms with Crippen molar-refractivity contribution in [2.45, 2.75) is 19.6 Å². The van der Waals surface area contributed by atoms with Crippen LogP contribution in [0.3, 0.4) is 0 Å². The Morgan fingerprint density at radius 2 is 2.35 bits per heavy atom. The average molecular weight is 255 g/mol. The molecular formula is C11H11ClN2O3. The van der Waals surface area contributed by atoms with Crippen LogP contribution in [0.5, 0.6) is 5.75 Å². The van der Waals surface area contributed by atoms with Crippen molar-refractivity contribution < 1.29 is 14.4 Å². The molecule has 1 heterocycles. The molecule has 1 aromatic carbocycles. The number of hydrogen-bond acceptors (Lipinski definition) is 5. The summed E-state index contributed by atoms with van der Waals surface area (Å²) in [6, 6.07) is 5.12. The van der Waals surface area contributed by atoms with Crippen LogP contribution in [0.15, 0.2) is 29.1 Å². The van der Waals surface area contributed by atoms with E-state index in [4.69, 9.17) is 16.3 Å². The summed E-state index contributed by atoms with van der Waals surface area (Å²) >= 11 is 6.01. The van der Waals surface area contributed by atoms with Gasteiger partial charge in [-0.25, -0.2) is 0 Å². The minimum Gasteiger partial charge on any atom is -0.484 e. The number of ether oxygens (including phenoxy) is 1. The first-order valence-corrected chi connectivity index (χ1v) is 5.40. The fraction of sp³-hybridized carbons (Fsp3) is 0.273. The monoisotopic (exact) mass is 254 g/mol. The molecule has 90 valence electrons. The first-order chi connectivity index (χ1) is 8.16. The molecule has 0 fully saturated rings. The molecule has 1 atom stereocenters. The topological polar surface area (TPSA) is 68.4 Å². The summed E-state index contributed by atoms with van der Waals surface area (Å²) in [6.07, 6.45) is 0.676.